The van der Waals surface area contributed by atoms with Crippen LogP contribution in [0.4, 0.5) is 0 Å². The maximum atomic E-state index is 11.9. The Morgan fingerprint density at radius 1 is 1.24 bits per heavy atom. The van der Waals surface area contributed by atoms with E-state index in [2.05, 4.69) is 4.74 Å². The molecule has 0 saturated heterocycles. The Kier molecular flexibility index (Phi) is 5.42. The van der Waals surface area contributed by atoms with Gasteiger partial charge in [0.15, 0.2) is 0 Å². The number of carbonyl (C=O) groups is 1. The Bertz CT molecular complexity index is 741. The van der Waals surface area contributed by atoms with Crippen LogP contribution in [0.25, 0.3) is 0 Å². The molecule has 0 saturated carbocycles. The molecule has 1 aromatic rings. The van der Waals surface area contributed by atoms with E-state index in [1.165, 1.54) is 7.11 Å². The van der Waals surface area contributed by atoms with Crippen LogP contribution in [-0.2, 0) is 24.8 Å². The lowest BCUT2D eigenvalue weighted by molar-refractivity contribution is 0.0692. The molecule has 0 aliphatic heterocycles. The molecule has 9 nitrogen and oxygen atoms in total. The van der Waals surface area contributed by atoms with E-state index < -0.39 is 36.5 Å². The Morgan fingerprint density at radius 3 is 2.33 bits per heavy atom. The molecular formula is C10H14N2O7S2. The van der Waals surface area contributed by atoms with E-state index in [4.69, 9.17) is 5.11 Å². The van der Waals surface area contributed by atoms with Gasteiger partial charge in [-0.2, -0.15) is 4.72 Å². The van der Waals surface area contributed by atoms with Crippen LogP contribution in [0.3, 0.4) is 0 Å². The number of aromatic carboxylic acids is 1. The first-order chi connectivity index (χ1) is 9.65. The molecule has 0 spiro atoms. The maximum absolute atomic E-state index is 11.9. The molecule has 0 atom stereocenters. The lowest BCUT2D eigenvalue weighted by Gasteiger charge is -2.10. The Balaban J connectivity index is 3.47. The minimum Gasteiger partial charge on any atom is -0.478 e. The van der Waals surface area contributed by atoms with Crippen LogP contribution >= 0.6 is 0 Å². The van der Waals surface area contributed by atoms with Gasteiger partial charge < -0.3 is 9.84 Å². The zero-order valence-electron chi connectivity index (χ0n) is 11.2. The van der Waals surface area contributed by atoms with Crippen molar-refractivity contribution in [3.05, 3.63) is 23.8 Å². The average molecular weight is 338 g/mol. The van der Waals surface area contributed by atoms with Gasteiger partial charge in [0.05, 0.1) is 15.4 Å². The fraction of sp³-hybridized carbons (Fsp3) is 0.300. The molecule has 0 fully saturated rings. The third kappa shape index (κ3) is 3.98. The number of ether oxygens (including phenoxy) is 1. The van der Waals surface area contributed by atoms with Crippen LogP contribution in [0.1, 0.15) is 10.4 Å². The van der Waals surface area contributed by atoms with Crippen LogP contribution in [0.2, 0.25) is 0 Å². The van der Waals surface area contributed by atoms with Gasteiger partial charge in [-0.1, -0.05) is 0 Å². The first-order valence-electron chi connectivity index (χ1n) is 5.45. The quantitative estimate of drug-likeness (QED) is 0.552. The number of sulfonamides is 2. The van der Waals surface area contributed by atoms with Crippen molar-refractivity contribution in [1.82, 2.24) is 9.44 Å². The van der Waals surface area contributed by atoms with Crippen molar-refractivity contribution in [1.29, 1.82) is 0 Å². The number of carboxylic acids is 1. The smallest absolute Gasteiger partial charge is 0.337 e. The molecule has 0 aliphatic rings. The number of rotatable bonds is 7. The van der Waals surface area contributed by atoms with E-state index in [9.17, 15) is 21.6 Å². The summed E-state index contributed by atoms with van der Waals surface area (Å²) >= 11 is 0. The number of hydrogen-bond acceptors (Lipinski definition) is 6. The van der Waals surface area contributed by atoms with Crippen molar-refractivity contribution >= 4 is 26.0 Å². The Morgan fingerprint density at radius 2 is 1.86 bits per heavy atom. The molecule has 1 aromatic carbocycles. The first-order valence-corrected chi connectivity index (χ1v) is 8.42. The van der Waals surface area contributed by atoms with E-state index in [0.717, 1.165) is 25.2 Å². The minimum atomic E-state index is -4.14. The fourth-order valence-corrected chi connectivity index (χ4v) is 3.28. The zero-order chi connectivity index (χ0) is 16.3. The number of hydrogen-bond donors (Lipinski definition) is 3. The SMILES string of the molecule is CNS(=O)(=O)c1ccc(S(=O)(=O)NCOC)c(C(=O)O)c1. The Labute approximate surface area is 122 Å². The standard InChI is InChI=1S/C10H14N2O7S2/c1-11-20(15,16)7-3-4-9(8(5-7)10(13)14)21(17,18)12-6-19-2/h3-5,11-12H,6H2,1-2H3,(H,13,14). The van der Waals surface area contributed by atoms with Gasteiger partial charge in [-0.15, -0.1) is 0 Å². The highest BCUT2D eigenvalue weighted by Gasteiger charge is 2.24. The summed E-state index contributed by atoms with van der Waals surface area (Å²) in [5, 5.41) is 9.08. The summed E-state index contributed by atoms with van der Waals surface area (Å²) in [7, 11) is -5.62. The molecule has 0 aromatic heterocycles. The van der Waals surface area contributed by atoms with Gasteiger partial charge in [-0.25, -0.2) is 26.4 Å². The monoisotopic (exact) mass is 338 g/mol. The van der Waals surface area contributed by atoms with Gasteiger partial charge in [0.2, 0.25) is 20.0 Å². The normalized spacial score (nSPS) is 12.3. The highest BCUT2D eigenvalue weighted by molar-refractivity contribution is 7.90. The predicted octanol–water partition coefficient (Wildman–Crippen LogP) is -0.825. The third-order valence-electron chi connectivity index (χ3n) is 2.44. The van der Waals surface area contributed by atoms with Crippen LogP contribution in [-0.4, -0.2) is 48.8 Å². The molecule has 0 heterocycles. The van der Waals surface area contributed by atoms with Gasteiger partial charge >= 0.3 is 5.97 Å². The van der Waals surface area contributed by atoms with E-state index in [1.807, 2.05) is 9.44 Å². The van der Waals surface area contributed by atoms with E-state index in [1.54, 1.807) is 0 Å². The number of benzene rings is 1. The lowest BCUT2D eigenvalue weighted by Crippen LogP contribution is -2.27. The third-order valence-corrected chi connectivity index (χ3v) is 5.29. The second-order valence-corrected chi connectivity index (χ2v) is 7.37. The van der Waals surface area contributed by atoms with Crippen molar-refractivity contribution in [2.75, 3.05) is 20.9 Å². The molecule has 0 radical (unpaired) electrons. The lowest BCUT2D eigenvalue weighted by atomic mass is 10.2. The number of carboxylic acid groups (broad SMARTS) is 1. The summed E-state index contributed by atoms with van der Waals surface area (Å²) in [6.45, 7) is -0.349. The van der Waals surface area contributed by atoms with Crippen molar-refractivity contribution in [2.45, 2.75) is 9.79 Å². The van der Waals surface area contributed by atoms with E-state index in [0.29, 0.717) is 0 Å². The van der Waals surface area contributed by atoms with E-state index >= 15 is 0 Å². The van der Waals surface area contributed by atoms with Crippen molar-refractivity contribution in [3.63, 3.8) is 0 Å². The fourth-order valence-electron chi connectivity index (χ4n) is 1.41. The maximum Gasteiger partial charge on any atom is 0.337 e. The summed E-state index contributed by atoms with van der Waals surface area (Å²) in [5.74, 6) is -1.57. The highest BCUT2D eigenvalue weighted by Crippen LogP contribution is 2.20. The molecule has 0 unspecified atom stereocenters. The Hall–Kier alpha value is -1.53. The number of nitrogens with one attached hydrogen (secondary N) is 2. The molecule has 0 bridgehead atoms. The van der Waals surface area contributed by atoms with Gasteiger partial charge in [0.25, 0.3) is 0 Å². The van der Waals surface area contributed by atoms with Gasteiger partial charge in [-0.3, -0.25) is 0 Å². The molecular weight excluding hydrogens is 324 g/mol. The van der Waals surface area contributed by atoms with Crippen LogP contribution in [0, 0.1) is 0 Å². The highest BCUT2D eigenvalue weighted by atomic mass is 32.2. The largest absolute Gasteiger partial charge is 0.478 e. The van der Waals surface area contributed by atoms with Crippen LogP contribution in [0.5, 0.6) is 0 Å². The van der Waals surface area contributed by atoms with Gasteiger partial charge in [0.1, 0.15) is 6.73 Å². The average Bonchev–Trinajstić information content (AvgIpc) is 2.44. The topological polar surface area (TPSA) is 139 Å². The molecule has 0 amide bonds. The second kappa shape index (κ2) is 6.49. The molecule has 0 aliphatic carbocycles. The van der Waals surface area contributed by atoms with Crippen LogP contribution < -0.4 is 9.44 Å². The van der Waals surface area contributed by atoms with Gasteiger partial charge in [-0.05, 0) is 25.2 Å². The van der Waals surface area contributed by atoms with Crippen molar-refractivity contribution in [2.24, 2.45) is 0 Å². The molecule has 11 heteroatoms. The first kappa shape index (κ1) is 17.5. The van der Waals surface area contributed by atoms with Crippen LogP contribution in [0.15, 0.2) is 28.0 Å². The number of methoxy groups -OCH3 is 1. The molecule has 3 N–H and O–H groups in total. The predicted molar refractivity (Wildman–Crippen MR) is 71.8 cm³/mol. The minimum absolute atomic E-state index is 0.349. The zero-order valence-corrected chi connectivity index (χ0v) is 12.8. The molecule has 1 rings (SSSR count). The summed E-state index contributed by atoms with van der Waals surface area (Å²) in [4.78, 5) is 10.3. The summed E-state index contributed by atoms with van der Waals surface area (Å²) < 4.78 is 55.7. The van der Waals surface area contributed by atoms with Gasteiger partial charge in [0, 0.05) is 7.11 Å². The molecule has 118 valence electrons. The summed E-state index contributed by atoms with van der Waals surface area (Å²) in [6.07, 6.45) is 0. The summed E-state index contributed by atoms with van der Waals surface area (Å²) in [6, 6.07) is 2.68. The van der Waals surface area contributed by atoms with Crippen molar-refractivity contribution < 1.29 is 31.5 Å². The second-order valence-electron chi connectivity index (χ2n) is 3.75. The summed E-state index contributed by atoms with van der Waals surface area (Å²) in [5.41, 5.74) is -0.657. The molecule has 21 heavy (non-hydrogen) atoms. The van der Waals surface area contributed by atoms with Crippen molar-refractivity contribution in [3.8, 4) is 0 Å². The van der Waals surface area contributed by atoms with E-state index in [-0.39, 0.29) is 11.6 Å².